The molecule has 6 atom stereocenters. The Morgan fingerprint density at radius 3 is 2.67 bits per heavy atom. The summed E-state index contributed by atoms with van der Waals surface area (Å²) in [5.74, 6) is 1.96. The molecule has 0 radical (unpaired) electrons. The van der Waals surface area contributed by atoms with Gasteiger partial charge in [0.25, 0.3) is 0 Å². The molecular weight excluding hydrogens is 408 g/mol. The van der Waals surface area contributed by atoms with Gasteiger partial charge in [-0.2, -0.15) is 0 Å². The summed E-state index contributed by atoms with van der Waals surface area (Å²) < 4.78 is 0. The second-order valence-electron chi connectivity index (χ2n) is 12.0. The Hall–Kier alpha value is -1.16. The zero-order valence-electron chi connectivity index (χ0n) is 21.5. The molecular formula is C30H48O3. The average molecular weight is 457 g/mol. The summed E-state index contributed by atoms with van der Waals surface area (Å²) >= 11 is 0. The maximum Gasteiger partial charge on any atom is 0.0811 e. The topological polar surface area (TPSA) is 60.7 Å². The van der Waals surface area contributed by atoms with Crippen LogP contribution in [0.15, 0.2) is 47.6 Å². The molecule has 3 aliphatic rings. The van der Waals surface area contributed by atoms with Crippen LogP contribution in [0.1, 0.15) is 98.3 Å². The summed E-state index contributed by atoms with van der Waals surface area (Å²) in [6.45, 7) is 12.8. The van der Waals surface area contributed by atoms with E-state index in [1.807, 2.05) is 13.8 Å². The zero-order valence-corrected chi connectivity index (χ0v) is 21.5. The maximum atomic E-state index is 10.2. The van der Waals surface area contributed by atoms with E-state index in [2.05, 4.69) is 44.7 Å². The van der Waals surface area contributed by atoms with Gasteiger partial charge in [0.15, 0.2) is 0 Å². The molecule has 3 nitrogen and oxygen atoms in total. The second kappa shape index (κ2) is 11.1. The molecule has 33 heavy (non-hydrogen) atoms. The number of aliphatic hydroxyl groups is 3. The molecule has 0 heterocycles. The number of fused-ring (bicyclic) bond motifs is 1. The third kappa shape index (κ3) is 6.71. The summed E-state index contributed by atoms with van der Waals surface area (Å²) in [5, 5.41) is 30.1. The van der Waals surface area contributed by atoms with Gasteiger partial charge in [-0.15, -0.1) is 0 Å². The minimum absolute atomic E-state index is 0.357. The van der Waals surface area contributed by atoms with E-state index in [0.29, 0.717) is 30.1 Å². The van der Waals surface area contributed by atoms with Crippen LogP contribution in [0.4, 0.5) is 0 Å². The lowest BCUT2D eigenvalue weighted by Gasteiger charge is -2.44. The van der Waals surface area contributed by atoms with Gasteiger partial charge in [0.05, 0.1) is 17.8 Å². The minimum Gasteiger partial charge on any atom is -0.393 e. The van der Waals surface area contributed by atoms with Crippen molar-refractivity contribution in [3.8, 4) is 0 Å². The zero-order chi connectivity index (χ0) is 24.2. The van der Waals surface area contributed by atoms with Gasteiger partial charge in [-0.25, -0.2) is 0 Å². The average Bonchev–Trinajstić information content (AvgIpc) is 3.08. The van der Waals surface area contributed by atoms with Crippen molar-refractivity contribution in [2.24, 2.45) is 23.2 Å². The van der Waals surface area contributed by atoms with E-state index in [1.54, 1.807) is 5.57 Å². The van der Waals surface area contributed by atoms with Crippen molar-refractivity contribution in [2.45, 2.75) is 116 Å². The molecule has 0 unspecified atom stereocenters. The summed E-state index contributed by atoms with van der Waals surface area (Å²) in [5.41, 5.74) is 3.16. The van der Waals surface area contributed by atoms with Crippen LogP contribution in [0.25, 0.3) is 0 Å². The Balaban J connectivity index is 1.62. The molecule has 0 spiro atoms. The Bertz CT molecular complexity index is 768. The highest BCUT2D eigenvalue weighted by Crippen LogP contribution is 2.59. The lowest BCUT2D eigenvalue weighted by molar-refractivity contribution is 0.0683. The number of allylic oxidation sites excluding steroid dienone is 5. The maximum absolute atomic E-state index is 10.2. The molecule has 0 aromatic rings. The van der Waals surface area contributed by atoms with Crippen molar-refractivity contribution >= 4 is 0 Å². The fourth-order valence-electron chi connectivity index (χ4n) is 6.87. The summed E-state index contributed by atoms with van der Waals surface area (Å²) in [6, 6.07) is 0. The predicted octanol–water partition coefficient (Wildman–Crippen LogP) is 6.65. The Kier molecular flexibility index (Phi) is 8.86. The van der Waals surface area contributed by atoms with E-state index < -0.39 is 17.8 Å². The molecule has 3 rings (SSSR count). The van der Waals surface area contributed by atoms with Crippen LogP contribution in [0.5, 0.6) is 0 Å². The Morgan fingerprint density at radius 1 is 1.18 bits per heavy atom. The van der Waals surface area contributed by atoms with E-state index in [-0.39, 0.29) is 0 Å². The minimum atomic E-state index is -0.617. The number of hydrogen-bond acceptors (Lipinski definition) is 3. The molecule has 0 aliphatic heterocycles. The van der Waals surface area contributed by atoms with Crippen molar-refractivity contribution in [1.29, 1.82) is 0 Å². The standard InChI is InChI=1S/C30H48O3/c1-21(11-8-6-7-9-17-29(3,4)33)26-15-16-27-23(12-10-18-30(26,27)5)13-14-24-19-25(31)20-28(32)22(24)2/h8,11,13-14,21,25-28,31-33H,2,6-7,9-10,12,15-20H2,1,3-5H3/b11-8+,23-13+,24-14+/t21-,25-,26-,27+,28+,30-/m1/s1. The van der Waals surface area contributed by atoms with E-state index >= 15 is 0 Å². The van der Waals surface area contributed by atoms with E-state index in [9.17, 15) is 15.3 Å². The highest BCUT2D eigenvalue weighted by Gasteiger charge is 2.50. The number of rotatable bonds is 8. The first-order valence-corrected chi connectivity index (χ1v) is 13.3. The van der Waals surface area contributed by atoms with Gasteiger partial charge in [-0.05, 0) is 106 Å². The highest BCUT2D eigenvalue weighted by atomic mass is 16.3. The molecule has 3 heteroatoms. The Morgan fingerprint density at radius 2 is 1.94 bits per heavy atom. The first-order chi connectivity index (χ1) is 15.5. The van der Waals surface area contributed by atoms with E-state index in [1.165, 1.54) is 32.1 Å². The van der Waals surface area contributed by atoms with Crippen LogP contribution < -0.4 is 0 Å². The second-order valence-corrected chi connectivity index (χ2v) is 12.0. The normalized spacial score (nSPS) is 36.6. The van der Waals surface area contributed by atoms with Gasteiger partial charge in [-0.3, -0.25) is 0 Å². The van der Waals surface area contributed by atoms with Gasteiger partial charge in [0.1, 0.15) is 0 Å². The van der Waals surface area contributed by atoms with Gasteiger partial charge >= 0.3 is 0 Å². The SMILES string of the molecule is C=C1/C(=C/C=C2\CCC[C@]3(C)[C@@H]([C@H](C)/C=C/CCCCC(C)(C)O)CC[C@@H]23)C[C@@H](O)C[C@@H]1O. The largest absolute Gasteiger partial charge is 0.393 e. The molecule has 0 saturated heterocycles. The highest BCUT2D eigenvalue weighted by molar-refractivity contribution is 5.38. The quantitative estimate of drug-likeness (QED) is 0.283. The molecule has 3 N–H and O–H groups in total. The first kappa shape index (κ1) is 26.4. The molecule has 0 aromatic heterocycles. The Labute approximate surface area is 202 Å². The third-order valence-corrected chi connectivity index (χ3v) is 8.79. The van der Waals surface area contributed by atoms with E-state index in [0.717, 1.165) is 42.7 Å². The summed E-state index contributed by atoms with van der Waals surface area (Å²) in [4.78, 5) is 0. The van der Waals surface area contributed by atoms with Crippen molar-refractivity contribution < 1.29 is 15.3 Å². The number of unbranched alkanes of at least 4 members (excludes halogenated alkanes) is 2. The summed E-state index contributed by atoms with van der Waals surface area (Å²) in [7, 11) is 0. The van der Waals surface area contributed by atoms with Crippen molar-refractivity contribution in [3.63, 3.8) is 0 Å². The molecule has 3 fully saturated rings. The predicted molar refractivity (Wildman–Crippen MR) is 138 cm³/mol. The molecule has 3 saturated carbocycles. The van der Waals surface area contributed by atoms with Crippen LogP contribution in [-0.2, 0) is 0 Å². The van der Waals surface area contributed by atoms with Crippen LogP contribution in [0.3, 0.4) is 0 Å². The van der Waals surface area contributed by atoms with Gasteiger partial charge in [0.2, 0.25) is 0 Å². The molecule has 0 bridgehead atoms. The van der Waals surface area contributed by atoms with Gasteiger partial charge < -0.3 is 15.3 Å². The molecule has 0 amide bonds. The molecule has 3 aliphatic carbocycles. The lowest BCUT2D eigenvalue weighted by Crippen LogP contribution is -2.35. The monoisotopic (exact) mass is 456 g/mol. The van der Waals surface area contributed by atoms with E-state index in [4.69, 9.17) is 0 Å². The molecule has 186 valence electrons. The van der Waals surface area contributed by atoms with Gasteiger partial charge in [-0.1, -0.05) is 56.7 Å². The van der Waals surface area contributed by atoms with Gasteiger partial charge in [0, 0.05) is 6.42 Å². The third-order valence-electron chi connectivity index (χ3n) is 8.79. The van der Waals surface area contributed by atoms with Crippen molar-refractivity contribution in [2.75, 3.05) is 0 Å². The first-order valence-electron chi connectivity index (χ1n) is 13.3. The van der Waals surface area contributed by atoms with Crippen molar-refractivity contribution in [1.82, 2.24) is 0 Å². The number of hydrogen-bond donors (Lipinski definition) is 3. The fourth-order valence-corrected chi connectivity index (χ4v) is 6.87. The molecule has 0 aromatic carbocycles. The van der Waals surface area contributed by atoms with Crippen molar-refractivity contribution in [3.05, 3.63) is 47.6 Å². The fraction of sp³-hybridized carbons (Fsp3) is 0.733. The lowest BCUT2D eigenvalue weighted by atomic mass is 9.61. The van der Waals surface area contributed by atoms with Crippen LogP contribution in [0, 0.1) is 23.2 Å². The summed E-state index contributed by atoms with van der Waals surface area (Å²) in [6.07, 6.45) is 19.7. The van der Waals surface area contributed by atoms with Crippen LogP contribution in [-0.4, -0.2) is 33.1 Å². The van der Waals surface area contributed by atoms with Crippen LogP contribution >= 0.6 is 0 Å². The number of aliphatic hydroxyl groups excluding tert-OH is 2. The van der Waals surface area contributed by atoms with Crippen LogP contribution in [0.2, 0.25) is 0 Å². The smallest absolute Gasteiger partial charge is 0.0811 e.